The van der Waals surface area contributed by atoms with Crippen molar-refractivity contribution in [3.8, 4) is 5.75 Å². The number of carbonyl (C=O) groups excluding carboxylic acids is 1. The third kappa shape index (κ3) is 5.24. The molecule has 6 heteroatoms. The monoisotopic (exact) mass is 332 g/mol. The maximum absolute atomic E-state index is 14.0. The number of carbonyl (C=O) groups is 1. The minimum Gasteiger partial charge on any atom is -0.491 e. The molecule has 0 unspecified atom stereocenters. The molecule has 0 atom stereocenters. The average molecular weight is 332 g/mol. The first-order valence-electron chi connectivity index (χ1n) is 7.60. The van der Waals surface area contributed by atoms with Crippen LogP contribution in [0, 0.1) is 5.82 Å². The Labute approximate surface area is 140 Å². The van der Waals surface area contributed by atoms with Crippen molar-refractivity contribution < 1.29 is 18.7 Å². The Morgan fingerprint density at radius 2 is 1.83 bits per heavy atom. The summed E-state index contributed by atoms with van der Waals surface area (Å²) in [7, 11) is 1.62. The molecule has 2 N–H and O–H groups in total. The molecule has 0 bridgehead atoms. The second kappa shape index (κ2) is 8.31. The second-order valence-electron chi connectivity index (χ2n) is 5.52. The molecule has 24 heavy (non-hydrogen) atoms. The summed E-state index contributed by atoms with van der Waals surface area (Å²) in [5.41, 5.74) is 1.68. The van der Waals surface area contributed by atoms with Crippen LogP contribution in [0.2, 0.25) is 0 Å². The molecular formula is C18H21FN2O3. The van der Waals surface area contributed by atoms with Gasteiger partial charge in [0.2, 0.25) is 0 Å². The van der Waals surface area contributed by atoms with Crippen molar-refractivity contribution in [2.75, 3.05) is 17.7 Å². The highest BCUT2D eigenvalue weighted by Gasteiger charge is 2.09. The standard InChI is InChI=1S/C18H21FN2O3/c1-12(2)24-15-8-9-17(16(19)10-15)21-18(22)20-14-6-4-13(5-7-14)11-23-3/h4-10,12H,11H2,1-3H3,(H2,20,21,22). The van der Waals surface area contributed by atoms with E-state index in [1.165, 1.54) is 12.1 Å². The van der Waals surface area contributed by atoms with Gasteiger partial charge in [0.15, 0.2) is 0 Å². The average Bonchev–Trinajstić information content (AvgIpc) is 2.52. The second-order valence-corrected chi connectivity index (χ2v) is 5.52. The fraction of sp³-hybridized carbons (Fsp3) is 0.278. The van der Waals surface area contributed by atoms with Gasteiger partial charge in [0.1, 0.15) is 11.6 Å². The molecule has 5 nitrogen and oxygen atoms in total. The normalized spacial score (nSPS) is 10.5. The van der Waals surface area contributed by atoms with E-state index in [2.05, 4.69) is 10.6 Å². The lowest BCUT2D eigenvalue weighted by atomic mass is 10.2. The predicted octanol–water partition coefficient (Wildman–Crippen LogP) is 4.40. The smallest absolute Gasteiger partial charge is 0.323 e. The number of hydrogen-bond acceptors (Lipinski definition) is 3. The van der Waals surface area contributed by atoms with Gasteiger partial charge in [-0.05, 0) is 43.7 Å². The Morgan fingerprint density at radius 3 is 2.42 bits per heavy atom. The van der Waals surface area contributed by atoms with Gasteiger partial charge in [-0.15, -0.1) is 0 Å². The van der Waals surface area contributed by atoms with Gasteiger partial charge in [-0.2, -0.15) is 0 Å². The maximum Gasteiger partial charge on any atom is 0.323 e. The van der Waals surface area contributed by atoms with Crippen LogP contribution in [0.3, 0.4) is 0 Å². The summed E-state index contributed by atoms with van der Waals surface area (Å²) >= 11 is 0. The van der Waals surface area contributed by atoms with Gasteiger partial charge in [-0.1, -0.05) is 12.1 Å². The van der Waals surface area contributed by atoms with Gasteiger partial charge >= 0.3 is 6.03 Å². The van der Waals surface area contributed by atoms with Crippen LogP contribution in [-0.4, -0.2) is 19.2 Å². The fourth-order valence-corrected chi connectivity index (χ4v) is 2.08. The Balaban J connectivity index is 1.96. The molecule has 0 heterocycles. The Hall–Kier alpha value is -2.60. The summed E-state index contributed by atoms with van der Waals surface area (Å²) in [4.78, 5) is 12.0. The van der Waals surface area contributed by atoms with Crippen molar-refractivity contribution in [2.45, 2.75) is 26.6 Å². The summed E-state index contributed by atoms with van der Waals surface area (Å²) in [6.07, 6.45) is -0.0485. The van der Waals surface area contributed by atoms with E-state index in [9.17, 15) is 9.18 Å². The van der Waals surface area contributed by atoms with Crippen LogP contribution in [-0.2, 0) is 11.3 Å². The van der Waals surface area contributed by atoms with Crippen LogP contribution in [0.1, 0.15) is 19.4 Å². The van der Waals surface area contributed by atoms with E-state index in [4.69, 9.17) is 9.47 Å². The zero-order valence-corrected chi connectivity index (χ0v) is 13.9. The maximum atomic E-state index is 14.0. The number of amides is 2. The molecule has 2 aromatic carbocycles. The van der Waals surface area contributed by atoms with E-state index in [1.54, 1.807) is 25.3 Å². The van der Waals surface area contributed by atoms with Crippen LogP contribution in [0.4, 0.5) is 20.6 Å². The van der Waals surface area contributed by atoms with Crippen molar-refractivity contribution in [2.24, 2.45) is 0 Å². The third-order valence-corrected chi connectivity index (χ3v) is 3.08. The number of urea groups is 1. The van der Waals surface area contributed by atoms with E-state index in [0.29, 0.717) is 18.0 Å². The summed E-state index contributed by atoms with van der Waals surface area (Å²) < 4.78 is 24.4. The summed E-state index contributed by atoms with van der Waals surface area (Å²) in [6, 6.07) is 11.0. The molecule has 128 valence electrons. The van der Waals surface area contributed by atoms with Crippen LogP contribution in [0.25, 0.3) is 0 Å². The minimum absolute atomic E-state index is 0.0485. The Morgan fingerprint density at radius 1 is 1.12 bits per heavy atom. The number of methoxy groups -OCH3 is 1. The summed E-state index contributed by atoms with van der Waals surface area (Å²) in [6.45, 7) is 4.22. The molecule has 0 radical (unpaired) electrons. The van der Waals surface area contributed by atoms with Crippen LogP contribution < -0.4 is 15.4 Å². The topological polar surface area (TPSA) is 59.6 Å². The largest absolute Gasteiger partial charge is 0.491 e. The first-order valence-corrected chi connectivity index (χ1v) is 7.60. The van der Waals surface area contributed by atoms with Gasteiger partial charge in [0, 0.05) is 18.9 Å². The molecule has 2 aromatic rings. The van der Waals surface area contributed by atoms with Gasteiger partial charge in [-0.25, -0.2) is 9.18 Å². The highest BCUT2D eigenvalue weighted by atomic mass is 19.1. The first-order chi connectivity index (χ1) is 11.5. The van der Waals surface area contributed by atoms with Crippen LogP contribution in [0.5, 0.6) is 5.75 Å². The lowest BCUT2D eigenvalue weighted by molar-refractivity contribution is 0.185. The van der Waals surface area contributed by atoms with E-state index in [0.717, 1.165) is 5.56 Å². The van der Waals surface area contributed by atoms with E-state index >= 15 is 0 Å². The molecule has 0 spiro atoms. The molecule has 0 aliphatic heterocycles. The molecule has 0 saturated heterocycles. The van der Waals surface area contributed by atoms with Crippen molar-refractivity contribution in [1.82, 2.24) is 0 Å². The van der Waals surface area contributed by atoms with E-state index in [-0.39, 0.29) is 11.8 Å². The van der Waals surface area contributed by atoms with E-state index < -0.39 is 11.8 Å². The quantitative estimate of drug-likeness (QED) is 0.824. The van der Waals surface area contributed by atoms with Crippen LogP contribution in [0.15, 0.2) is 42.5 Å². The number of nitrogens with one attached hydrogen (secondary N) is 2. The number of ether oxygens (including phenoxy) is 2. The molecule has 0 aromatic heterocycles. The molecule has 0 saturated carbocycles. The van der Waals surface area contributed by atoms with Crippen molar-refractivity contribution >= 4 is 17.4 Å². The Bertz CT molecular complexity index is 687. The predicted molar refractivity (Wildman–Crippen MR) is 92.0 cm³/mol. The molecule has 0 fully saturated rings. The number of rotatable bonds is 6. The molecule has 2 amide bonds. The molecule has 0 aliphatic carbocycles. The third-order valence-electron chi connectivity index (χ3n) is 3.08. The Kier molecular flexibility index (Phi) is 6.14. The van der Waals surface area contributed by atoms with Crippen molar-refractivity contribution in [3.63, 3.8) is 0 Å². The molecule has 0 aliphatic rings. The van der Waals surface area contributed by atoms with Gasteiger partial charge in [0.25, 0.3) is 0 Å². The fourth-order valence-electron chi connectivity index (χ4n) is 2.08. The summed E-state index contributed by atoms with van der Waals surface area (Å²) in [5, 5.41) is 5.12. The van der Waals surface area contributed by atoms with Gasteiger partial charge < -0.3 is 20.1 Å². The highest BCUT2D eigenvalue weighted by Crippen LogP contribution is 2.22. The van der Waals surface area contributed by atoms with Crippen molar-refractivity contribution in [3.05, 3.63) is 53.8 Å². The number of benzene rings is 2. The van der Waals surface area contributed by atoms with Gasteiger partial charge in [0.05, 0.1) is 18.4 Å². The zero-order chi connectivity index (χ0) is 17.5. The van der Waals surface area contributed by atoms with E-state index in [1.807, 2.05) is 26.0 Å². The molecule has 2 rings (SSSR count). The van der Waals surface area contributed by atoms with Crippen molar-refractivity contribution in [1.29, 1.82) is 0 Å². The lowest BCUT2D eigenvalue weighted by Crippen LogP contribution is -2.20. The number of hydrogen-bond donors (Lipinski definition) is 2. The van der Waals surface area contributed by atoms with Crippen LogP contribution >= 0.6 is 0 Å². The molecular weight excluding hydrogens is 311 g/mol. The zero-order valence-electron chi connectivity index (χ0n) is 13.9. The first kappa shape index (κ1) is 17.7. The number of anilines is 2. The minimum atomic E-state index is -0.557. The SMILES string of the molecule is COCc1ccc(NC(=O)Nc2ccc(OC(C)C)cc2F)cc1. The highest BCUT2D eigenvalue weighted by molar-refractivity contribution is 5.99. The van der Waals surface area contributed by atoms with Gasteiger partial charge in [-0.3, -0.25) is 0 Å². The lowest BCUT2D eigenvalue weighted by Gasteiger charge is -2.12. The summed E-state index contributed by atoms with van der Waals surface area (Å²) in [5.74, 6) is -0.138. The number of halogens is 1.